The summed E-state index contributed by atoms with van der Waals surface area (Å²) >= 11 is 0. The number of sulfonamides is 1. The molecule has 1 aromatic heterocycles. The van der Waals surface area contributed by atoms with Crippen LogP contribution in [0.2, 0.25) is 0 Å². The first-order valence-electron chi connectivity index (χ1n) is 12.1. The van der Waals surface area contributed by atoms with E-state index < -0.39 is 10.0 Å². The molecule has 2 heterocycles. The van der Waals surface area contributed by atoms with E-state index in [1.807, 2.05) is 38.1 Å². The molecule has 35 heavy (non-hydrogen) atoms. The minimum atomic E-state index is -3.73. The first-order valence-corrected chi connectivity index (χ1v) is 13.5. The second kappa shape index (κ2) is 9.20. The second-order valence-corrected chi connectivity index (χ2v) is 11.6. The molecule has 3 aromatic rings. The minimum absolute atomic E-state index is 0.0579. The van der Waals surface area contributed by atoms with Gasteiger partial charge in [-0.15, -0.1) is 0 Å². The standard InChI is InChI=1S/C26H30N4O4S/c1-16-4-5-17(2)22(14-16)27-25(31)19-10-12-30(13-11-19)35(32,33)23-15-21(7-6-18(23)3)24-28-26(34-29-24)20-8-9-20/h4-7,14-15,19-20H,8-13H2,1-3H3,(H,27,31). The highest BCUT2D eigenvalue weighted by Gasteiger charge is 2.34. The van der Waals surface area contributed by atoms with Gasteiger partial charge in [-0.05, 0) is 75.3 Å². The summed E-state index contributed by atoms with van der Waals surface area (Å²) in [4.78, 5) is 17.6. The van der Waals surface area contributed by atoms with Gasteiger partial charge in [-0.2, -0.15) is 9.29 Å². The number of rotatable bonds is 6. The van der Waals surface area contributed by atoms with Crippen LogP contribution >= 0.6 is 0 Å². The summed E-state index contributed by atoms with van der Waals surface area (Å²) in [7, 11) is -3.73. The molecule has 0 atom stereocenters. The molecule has 2 aliphatic rings. The van der Waals surface area contributed by atoms with E-state index >= 15 is 0 Å². The highest BCUT2D eigenvalue weighted by molar-refractivity contribution is 7.89. The zero-order valence-electron chi connectivity index (χ0n) is 20.2. The Morgan fingerprint density at radius 1 is 1.00 bits per heavy atom. The number of anilines is 1. The number of nitrogens with one attached hydrogen (secondary N) is 1. The summed E-state index contributed by atoms with van der Waals surface area (Å²) in [6.07, 6.45) is 3.05. The molecule has 1 saturated heterocycles. The van der Waals surface area contributed by atoms with Gasteiger partial charge in [0.1, 0.15) is 0 Å². The Kier molecular flexibility index (Phi) is 6.23. The fourth-order valence-corrected chi connectivity index (χ4v) is 6.19. The Morgan fingerprint density at radius 3 is 2.43 bits per heavy atom. The Morgan fingerprint density at radius 2 is 1.71 bits per heavy atom. The van der Waals surface area contributed by atoms with E-state index in [4.69, 9.17) is 4.52 Å². The van der Waals surface area contributed by atoms with E-state index in [-0.39, 0.29) is 16.7 Å². The van der Waals surface area contributed by atoms with Gasteiger partial charge in [0, 0.05) is 36.2 Å². The van der Waals surface area contributed by atoms with Crippen molar-refractivity contribution in [1.82, 2.24) is 14.4 Å². The Bertz CT molecular complexity index is 1370. The van der Waals surface area contributed by atoms with Crippen LogP contribution in [0.15, 0.2) is 45.8 Å². The Labute approximate surface area is 205 Å². The molecule has 184 valence electrons. The van der Waals surface area contributed by atoms with Gasteiger partial charge in [-0.3, -0.25) is 4.79 Å². The molecule has 0 spiro atoms. The summed E-state index contributed by atoms with van der Waals surface area (Å²) in [5.41, 5.74) is 4.17. The van der Waals surface area contributed by atoms with Gasteiger partial charge >= 0.3 is 0 Å². The quantitative estimate of drug-likeness (QED) is 0.538. The van der Waals surface area contributed by atoms with Gasteiger partial charge in [-0.25, -0.2) is 8.42 Å². The van der Waals surface area contributed by atoms with Crippen molar-refractivity contribution in [2.45, 2.75) is 57.3 Å². The predicted octanol–water partition coefficient (Wildman–Crippen LogP) is 4.58. The van der Waals surface area contributed by atoms with Crippen molar-refractivity contribution in [3.05, 3.63) is 59.0 Å². The number of amides is 1. The van der Waals surface area contributed by atoms with Gasteiger partial charge in [-0.1, -0.05) is 29.4 Å². The lowest BCUT2D eigenvalue weighted by Gasteiger charge is -2.31. The third kappa shape index (κ3) is 4.88. The van der Waals surface area contributed by atoms with Crippen LogP contribution in [0.1, 0.15) is 54.2 Å². The monoisotopic (exact) mass is 494 g/mol. The summed E-state index contributed by atoms with van der Waals surface area (Å²) in [6, 6.07) is 11.2. The molecular formula is C26H30N4O4S. The third-order valence-electron chi connectivity index (χ3n) is 6.91. The zero-order chi connectivity index (χ0) is 24.7. The smallest absolute Gasteiger partial charge is 0.243 e. The molecule has 1 aliphatic heterocycles. The van der Waals surface area contributed by atoms with Crippen LogP contribution in [-0.4, -0.2) is 41.9 Å². The van der Waals surface area contributed by atoms with E-state index in [0.29, 0.717) is 54.7 Å². The van der Waals surface area contributed by atoms with E-state index in [1.165, 1.54) is 4.31 Å². The molecule has 9 heteroatoms. The number of nitrogens with zero attached hydrogens (tertiary/aromatic N) is 3. The third-order valence-corrected chi connectivity index (χ3v) is 8.95. The first kappa shape index (κ1) is 23.7. The lowest BCUT2D eigenvalue weighted by molar-refractivity contribution is -0.120. The number of aryl methyl sites for hydroxylation is 3. The lowest BCUT2D eigenvalue weighted by atomic mass is 9.97. The topological polar surface area (TPSA) is 105 Å². The SMILES string of the molecule is Cc1ccc(C)c(NC(=O)C2CCN(S(=O)(=O)c3cc(-c4noc(C5CC5)n4)ccc3C)CC2)c1. The first-order chi connectivity index (χ1) is 16.7. The molecule has 0 radical (unpaired) electrons. The summed E-state index contributed by atoms with van der Waals surface area (Å²) in [5, 5.41) is 7.07. The number of hydrogen-bond donors (Lipinski definition) is 1. The highest BCUT2D eigenvalue weighted by atomic mass is 32.2. The van der Waals surface area contributed by atoms with Gasteiger partial charge in [0.2, 0.25) is 27.6 Å². The fraction of sp³-hybridized carbons (Fsp3) is 0.423. The van der Waals surface area contributed by atoms with Gasteiger partial charge in [0.15, 0.2) is 0 Å². The molecule has 0 bridgehead atoms. The Hall–Kier alpha value is -3.04. The molecule has 1 amide bonds. The van der Waals surface area contributed by atoms with Gasteiger partial charge < -0.3 is 9.84 Å². The van der Waals surface area contributed by atoms with Crippen molar-refractivity contribution in [3.63, 3.8) is 0 Å². The lowest BCUT2D eigenvalue weighted by Crippen LogP contribution is -2.41. The van der Waals surface area contributed by atoms with Crippen LogP contribution in [0, 0.1) is 26.7 Å². The van der Waals surface area contributed by atoms with Crippen LogP contribution < -0.4 is 5.32 Å². The predicted molar refractivity (Wildman–Crippen MR) is 132 cm³/mol. The highest BCUT2D eigenvalue weighted by Crippen LogP contribution is 2.39. The van der Waals surface area contributed by atoms with Gasteiger partial charge in [0.25, 0.3) is 0 Å². The zero-order valence-corrected chi connectivity index (χ0v) is 21.1. The number of benzene rings is 2. The van der Waals surface area contributed by atoms with Crippen LogP contribution in [0.3, 0.4) is 0 Å². The maximum Gasteiger partial charge on any atom is 0.243 e. The van der Waals surface area contributed by atoms with Crippen molar-refractivity contribution in [1.29, 1.82) is 0 Å². The number of aromatic nitrogens is 2. The minimum Gasteiger partial charge on any atom is -0.339 e. The molecule has 1 aliphatic carbocycles. The number of carbonyl (C=O) groups excluding carboxylic acids is 1. The average Bonchev–Trinajstić information content (AvgIpc) is 3.58. The van der Waals surface area contributed by atoms with E-state index in [0.717, 1.165) is 29.7 Å². The number of hydrogen-bond acceptors (Lipinski definition) is 6. The number of piperidine rings is 1. The normalized spacial score (nSPS) is 17.5. The Balaban J connectivity index is 1.28. The van der Waals surface area contributed by atoms with Crippen molar-refractivity contribution in [3.8, 4) is 11.4 Å². The van der Waals surface area contributed by atoms with Crippen molar-refractivity contribution in [2.24, 2.45) is 5.92 Å². The van der Waals surface area contributed by atoms with Crippen molar-refractivity contribution < 1.29 is 17.7 Å². The molecule has 1 saturated carbocycles. The van der Waals surface area contributed by atoms with Crippen LogP contribution in [0.5, 0.6) is 0 Å². The maximum atomic E-state index is 13.5. The molecule has 1 N–H and O–H groups in total. The van der Waals surface area contributed by atoms with Crippen molar-refractivity contribution in [2.75, 3.05) is 18.4 Å². The molecule has 5 rings (SSSR count). The van der Waals surface area contributed by atoms with E-state index in [9.17, 15) is 13.2 Å². The van der Waals surface area contributed by atoms with E-state index in [2.05, 4.69) is 15.5 Å². The van der Waals surface area contributed by atoms with E-state index in [1.54, 1.807) is 19.1 Å². The second-order valence-electron chi connectivity index (χ2n) is 9.70. The van der Waals surface area contributed by atoms with Gasteiger partial charge in [0.05, 0.1) is 4.90 Å². The summed E-state index contributed by atoms with van der Waals surface area (Å²) in [5.74, 6) is 1.07. The summed E-state index contributed by atoms with van der Waals surface area (Å²) in [6.45, 7) is 6.32. The van der Waals surface area contributed by atoms with Crippen LogP contribution in [0.25, 0.3) is 11.4 Å². The molecular weight excluding hydrogens is 464 g/mol. The van der Waals surface area contributed by atoms with Crippen LogP contribution in [-0.2, 0) is 14.8 Å². The summed E-state index contributed by atoms with van der Waals surface area (Å²) < 4.78 is 33.9. The molecule has 8 nitrogen and oxygen atoms in total. The molecule has 2 fully saturated rings. The fourth-order valence-electron chi connectivity index (χ4n) is 4.47. The molecule has 2 aromatic carbocycles. The largest absolute Gasteiger partial charge is 0.339 e. The van der Waals surface area contributed by atoms with Crippen molar-refractivity contribution >= 4 is 21.6 Å². The van der Waals surface area contributed by atoms with Crippen LogP contribution in [0.4, 0.5) is 5.69 Å². The average molecular weight is 495 g/mol. The number of carbonyl (C=O) groups is 1. The maximum absolute atomic E-state index is 13.5. The molecule has 0 unspecified atom stereocenters.